The van der Waals surface area contributed by atoms with Crippen LogP contribution < -0.4 is 5.32 Å². The zero-order valence-corrected chi connectivity index (χ0v) is 22.7. The van der Waals surface area contributed by atoms with Crippen LogP contribution in [0, 0.1) is 0 Å². The van der Waals surface area contributed by atoms with Crippen LogP contribution >= 0.6 is 23.2 Å². The second-order valence-electron chi connectivity index (χ2n) is 9.68. The minimum absolute atomic E-state index is 0.0258. The highest BCUT2D eigenvalue weighted by molar-refractivity contribution is 6.30. The minimum atomic E-state index is -1.32. The number of carbonyl (C=O) groups is 2. The summed E-state index contributed by atoms with van der Waals surface area (Å²) in [6.45, 7) is 0.174. The van der Waals surface area contributed by atoms with Gasteiger partial charge in [0.25, 0.3) is 5.91 Å². The van der Waals surface area contributed by atoms with E-state index < -0.39 is 29.9 Å². The Morgan fingerprint density at radius 2 is 1.90 bits per heavy atom. The van der Waals surface area contributed by atoms with E-state index in [1.54, 1.807) is 42.6 Å². The average molecular weight is 570 g/mol. The highest BCUT2D eigenvalue weighted by Crippen LogP contribution is 2.46. The van der Waals surface area contributed by atoms with Crippen molar-refractivity contribution < 1.29 is 24.3 Å². The fraction of sp³-hybridized carbons (Fsp3) is 0.345. The van der Waals surface area contributed by atoms with E-state index in [1.807, 2.05) is 24.3 Å². The van der Waals surface area contributed by atoms with Crippen molar-refractivity contribution in [1.82, 2.24) is 15.4 Å². The number of rotatable bonds is 10. The van der Waals surface area contributed by atoms with Gasteiger partial charge in [-0.15, -0.1) is 0 Å². The Labute approximate surface area is 236 Å². The van der Waals surface area contributed by atoms with Crippen molar-refractivity contribution in [2.45, 2.75) is 43.6 Å². The summed E-state index contributed by atoms with van der Waals surface area (Å²) in [5.74, 6) is -0.956. The molecule has 1 amide bonds. The second kappa shape index (κ2) is 12.1. The first-order valence-electron chi connectivity index (χ1n) is 12.9. The van der Waals surface area contributed by atoms with Gasteiger partial charge >= 0.3 is 0 Å². The monoisotopic (exact) mass is 569 g/mol. The van der Waals surface area contributed by atoms with Gasteiger partial charge in [0.05, 0.1) is 5.02 Å². The summed E-state index contributed by atoms with van der Waals surface area (Å²) in [6.07, 6.45) is 3.12. The molecule has 0 spiro atoms. The fourth-order valence-electron chi connectivity index (χ4n) is 5.11. The average Bonchev–Trinajstić information content (AvgIpc) is 3.20. The molecule has 10 heteroatoms. The Morgan fingerprint density at radius 3 is 2.62 bits per heavy atom. The van der Waals surface area contributed by atoms with E-state index in [1.165, 1.54) is 5.06 Å². The molecule has 2 N–H and O–H groups in total. The molecule has 3 heterocycles. The van der Waals surface area contributed by atoms with Crippen molar-refractivity contribution in [3.8, 4) is 0 Å². The third kappa shape index (κ3) is 5.87. The van der Waals surface area contributed by atoms with E-state index in [0.29, 0.717) is 33.5 Å². The normalized spacial score (nSPS) is 21.6. The maximum absolute atomic E-state index is 13.7. The van der Waals surface area contributed by atoms with Crippen LogP contribution in [0.5, 0.6) is 0 Å². The number of benzene rings is 2. The number of ether oxygens (including phenoxy) is 1. The number of nitrogens with zero attached hydrogens (tertiary/aromatic N) is 2. The van der Waals surface area contributed by atoms with Crippen LogP contribution in [-0.4, -0.2) is 58.9 Å². The molecule has 1 fully saturated rings. The van der Waals surface area contributed by atoms with Crippen LogP contribution in [-0.2, 0) is 26.3 Å². The largest absolute Gasteiger partial charge is 0.384 e. The number of hydrogen-bond acceptors (Lipinski definition) is 7. The number of aromatic nitrogens is 1. The summed E-state index contributed by atoms with van der Waals surface area (Å²) in [5, 5.41) is 15.9. The smallest absolute Gasteiger partial charge is 0.279 e. The molecule has 8 nitrogen and oxygen atoms in total. The zero-order chi connectivity index (χ0) is 27.4. The number of hydroxylamine groups is 2. The molecule has 1 saturated heterocycles. The summed E-state index contributed by atoms with van der Waals surface area (Å²) >= 11 is 12.3. The molecule has 0 bridgehead atoms. The lowest BCUT2D eigenvalue weighted by Crippen LogP contribution is -2.48. The predicted molar refractivity (Wildman–Crippen MR) is 146 cm³/mol. The molecule has 3 atom stereocenters. The van der Waals surface area contributed by atoms with E-state index >= 15 is 0 Å². The Morgan fingerprint density at radius 1 is 1.13 bits per heavy atom. The Hall–Kier alpha value is -2.85. The highest BCUT2D eigenvalue weighted by Gasteiger charge is 2.52. The van der Waals surface area contributed by atoms with E-state index in [2.05, 4.69) is 10.3 Å². The molecule has 2 aromatic carbocycles. The van der Waals surface area contributed by atoms with E-state index in [-0.39, 0.29) is 19.2 Å². The number of hydrogen-bond donors (Lipinski definition) is 2. The number of aliphatic hydroxyl groups is 1. The third-order valence-electron chi connectivity index (χ3n) is 7.11. The van der Waals surface area contributed by atoms with Crippen LogP contribution in [0.15, 0.2) is 66.9 Å². The Bertz CT molecular complexity index is 1320. The lowest BCUT2D eigenvalue weighted by Gasteiger charge is -2.38. The number of halogens is 2. The predicted octanol–water partition coefficient (Wildman–Crippen LogP) is 4.31. The van der Waals surface area contributed by atoms with Crippen LogP contribution in [0.1, 0.15) is 46.4 Å². The van der Waals surface area contributed by atoms with Crippen molar-refractivity contribution in [3.63, 3.8) is 0 Å². The molecular formula is C29H29Cl2N3O5. The molecule has 2 aliphatic heterocycles. The van der Waals surface area contributed by atoms with Crippen molar-refractivity contribution in [2.75, 3.05) is 19.8 Å². The standard InChI is InChI=1S/C29H29Cl2N3O5/c30-20-10-8-19(9-11-20)29(15-22-13-12-21(31)16-32-22)24-6-2-1-5-23(24)28(37)34(29)39-18-26(36)25(35)17-33-27-7-3-4-14-38-27/h1-2,5-6,8-13,16,25,27,33,35H,3-4,7,14-15,17-18H2/t25?,27?,29-/m1/s1. The van der Waals surface area contributed by atoms with Gasteiger partial charge in [0.15, 0.2) is 5.78 Å². The summed E-state index contributed by atoms with van der Waals surface area (Å²) in [4.78, 5) is 37.1. The molecule has 39 heavy (non-hydrogen) atoms. The molecule has 2 unspecified atom stereocenters. The van der Waals surface area contributed by atoms with Gasteiger partial charge in [-0.25, -0.2) is 5.06 Å². The van der Waals surface area contributed by atoms with Crippen LogP contribution in [0.2, 0.25) is 10.0 Å². The SMILES string of the molecule is O=C(CON1C(=O)c2ccccc2[C@@]1(Cc1ccc(Cl)cn1)c1ccc(Cl)cc1)C(O)CNC1CCCCO1. The van der Waals surface area contributed by atoms with Crippen LogP contribution in [0.3, 0.4) is 0 Å². The van der Waals surface area contributed by atoms with E-state index in [9.17, 15) is 14.7 Å². The number of carbonyl (C=O) groups excluding carboxylic acids is 2. The van der Waals surface area contributed by atoms with Gasteiger partial charge in [0.1, 0.15) is 24.5 Å². The number of pyridine rings is 1. The third-order valence-corrected chi connectivity index (χ3v) is 7.58. The van der Waals surface area contributed by atoms with Crippen LogP contribution in [0.25, 0.3) is 0 Å². The van der Waals surface area contributed by atoms with Gasteiger partial charge in [0, 0.05) is 42.0 Å². The van der Waals surface area contributed by atoms with E-state index in [0.717, 1.165) is 24.8 Å². The maximum atomic E-state index is 13.7. The summed E-state index contributed by atoms with van der Waals surface area (Å²) < 4.78 is 5.61. The van der Waals surface area contributed by atoms with Gasteiger partial charge in [-0.3, -0.25) is 24.7 Å². The lowest BCUT2D eigenvalue weighted by atomic mass is 9.79. The molecule has 0 radical (unpaired) electrons. The lowest BCUT2D eigenvalue weighted by molar-refractivity contribution is -0.180. The van der Waals surface area contributed by atoms with Gasteiger partial charge in [-0.2, -0.15) is 0 Å². The first-order valence-corrected chi connectivity index (χ1v) is 13.6. The molecular weight excluding hydrogens is 541 g/mol. The number of Topliss-reactive ketones (excluding diaryl/α,β-unsaturated/α-hetero) is 1. The molecule has 1 aromatic heterocycles. The molecule has 5 rings (SSSR count). The Kier molecular flexibility index (Phi) is 8.61. The first kappa shape index (κ1) is 27.7. The fourth-order valence-corrected chi connectivity index (χ4v) is 5.35. The molecule has 204 valence electrons. The van der Waals surface area contributed by atoms with Gasteiger partial charge in [0.2, 0.25) is 0 Å². The van der Waals surface area contributed by atoms with Crippen molar-refractivity contribution in [3.05, 3.63) is 99.3 Å². The summed E-state index contributed by atoms with van der Waals surface area (Å²) in [7, 11) is 0. The summed E-state index contributed by atoms with van der Waals surface area (Å²) in [5.41, 5.74) is 1.39. The molecule has 0 aliphatic carbocycles. The van der Waals surface area contributed by atoms with Gasteiger partial charge in [-0.1, -0.05) is 53.5 Å². The number of ketones is 1. The molecule has 3 aromatic rings. The number of nitrogens with one attached hydrogen (secondary N) is 1. The number of aliphatic hydroxyl groups excluding tert-OH is 1. The topological polar surface area (TPSA) is 101 Å². The molecule has 2 aliphatic rings. The summed E-state index contributed by atoms with van der Waals surface area (Å²) in [6, 6.07) is 17.9. The van der Waals surface area contributed by atoms with E-state index in [4.69, 9.17) is 32.8 Å². The minimum Gasteiger partial charge on any atom is -0.384 e. The highest BCUT2D eigenvalue weighted by atomic mass is 35.5. The van der Waals surface area contributed by atoms with Crippen LogP contribution in [0.4, 0.5) is 0 Å². The second-order valence-corrected chi connectivity index (χ2v) is 10.5. The van der Waals surface area contributed by atoms with Crippen molar-refractivity contribution in [2.24, 2.45) is 0 Å². The number of amides is 1. The number of fused-ring (bicyclic) bond motifs is 1. The molecule has 0 saturated carbocycles. The quantitative estimate of drug-likeness (QED) is 0.375. The van der Waals surface area contributed by atoms with Crippen molar-refractivity contribution >= 4 is 34.9 Å². The van der Waals surface area contributed by atoms with Gasteiger partial charge in [-0.05, 0) is 60.7 Å². The van der Waals surface area contributed by atoms with Crippen molar-refractivity contribution in [1.29, 1.82) is 0 Å². The maximum Gasteiger partial charge on any atom is 0.279 e. The Balaban J connectivity index is 1.44. The van der Waals surface area contributed by atoms with Gasteiger partial charge < -0.3 is 9.84 Å². The first-order chi connectivity index (χ1) is 18.9. The zero-order valence-electron chi connectivity index (χ0n) is 21.2.